The van der Waals surface area contributed by atoms with Crippen LogP contribution in [-0.4, -0.2) is 26.7 Å². The average Bonchev–Trinajstić information content (AvgIpc) is 3.00. The molecular formula is C19H15N3O3S. The predicted octanol–water partition coefficient (Wildman–Crippen LogP) is 4.12. The molecule has 0 aliphatic rings. The maximum Gasteiger partial charge on any atom is 0.234 e. The molecule has 0 fully saturated rings. The van der Waals surface area contributed by atoms with Gasteiger partial charge >= 0.3 is 0 Å². The molecule has 2 heterocycles. The van der Waals surface area contributed by atoms with E-state index in [9.17, 15) is 9.90 Å². The molecule has 1 amide bonds. The molecular weight excluding hydrogens is 350 g/mol. The summed E-state index contributed by atoms with van der Waals surface area (Å²) in [7, 11) is 0. The number of carbonyl (C=O) groups excluding carboxylic acids is 1. The van der Waals surface area contributed by atoms with E-state index < -0.39 is 0 Å². The number of para-hydroxylation sites is 1. The number of fused-ring (bicyclic) bond motifs is 3. The smallest absolute Gasteiger partial charge is 0.234 e. The summed E-state index contributed by atoms with van der Waals surface area (Å²) in [5.41, 5.74) is 2.73. The van der Waals surface area contributed by atoms with Crippen LogP contribution in [0.5, 0.6) is 5.75 Å². The zero-order valence-corrected chi connectivity index (χ0v) is 14.7. The summed E-state index contributed by atoms with van der Waals surface area (Å²) in [5.74, 6) is 0.802. The number of hydrogen-bond acceptors (Lipinski definition) is 6. The van der Waals surface area contributed by atoms with Gasteiger partial charge in [-0.05, 0) is 43.3 Å². The molecule has 2 aromatic carbocycles. The first-order chi connectivity index (χ1) is 12.6. The minimum atomic E-state index is -0.166. The Morgan fingerprint density at radius 1 is 1.15 bits per heavy atom. The van der Waals surface area contributed by atoms with Gasteiger partial charge in [-0.15, -0.1) is 0 Å². The summed E-state index contributed by atoms with van der Waals surface area (Å²) in [6.07, 6.45) is 0. The van der Waals surface area contributed by atoms with Crippen LogP contribution in [-0.2, 0) is 4.79 Å². The summed E-state index contributed by atoms with van der Waals surface area (Å²) in [4.78, 5) is 21.1. The Morgan fingerprint density at radius 2 is 1.92 bits per heavy atom. The van der Waals surface area contributed by atoms with Crippen molar-refractivity contribution < 1.29 is 14.3 Å². The van der Waals surface area contributed by atoms with Gasteiger partial charge in [-0.1, -0.05) is 23.9 Å². The van der Waals surface area contributed by atoms with Gasteiger partial charge in [-0.3, -0.25) is 4.79 Å². The second-order valence-electron chi connectivity index (χ2n) is 5.74. The van der Waals surface area contributed by atoms with Crippen molar-refractivity contribution in [3.05, 3.63) is 54.4 Å². The van der Waals surface area contributed by atoms with Crippen molar-refractivity contribution in [1.82, 2.24) is 9.97 Å². The number of phenolic OH excluding ortho intramolecular Hbond substituents is 1. The lowest BCUT2D eigenvalue weighted by Gasteiger charge is -2.05. The largest absolute Gasteiger partial charge is 0.508 e. The molecule has 4 rings (SSSR count). The molecule has 6 nitrogen and oxygen atoms in total. The van der Waals surface area contributed by atoms with Gasteiger partial charge in [0.1, 0.15) is 27.7 Å². The molecule has 0 aliphatic heterocycles. The van der Waals surface area contributed by atoms with E-state index in [1.54, 1.807) is 12.1 Å². The zero-order valence-electron chi connectivity index (χ0n) is 13.9. The minimum Gasteiger partial charge on any atom is -0.508 e. The van der Waals surface area contributed by atoms with E-state index in [0.717, 1.165) is 16.5 Å². The summed E-state index contributed by atoms with van der Waals surface area (Å²) >= 11 is 1.30. The van der Waals surface area contributed by atoms with E-state index >= 15 is 0 Å². The normalized spacial score (nSPS) is 11.1. The molecule has 0 radical (unpaired) electrons. The van der Waals surface area contributed by atoms with Crippen LogP contribution in [0.1, 0.15) is 5.82 Å². The van der Waals surface area contributed by atoms with Crippen LogP contribution in [0.4, 0.5) is 5.69 Å². The third-order valence-electron chi connectivity index (χ3n) is 3.79. The molecule has 0 atom stereocenters. The molecule has 4 aromatic rings. The van der Waals surface area contributed by atoms with Crippen LogP contribution in [0.3, 0.4) is 0 Å². The Balaban J connectivity index is 1.57. The number of rotatable bonds is 4. The van der Waals surface area contributed by atoms with Crippen molar-refractivity contribution in [2.24, 2.45) is 0 Å². The Bertz CT molecular complexity index is 1110. The molecule has 0 bridgehead atoms. The van der Waals surface area contributed by atoms with E-state index in [4.69, 9.17) is 4.42 Å². The fourth-order valence-electron chi connectivity index (χ4n) is 2.65. The summed E-state index contributed by atoms with van der Waals surface area (Å²) in [6.45, 7) is 1.82. The first kappa shape index (κ1) is 16.4. The monoisotopic (exact) mass is 365 g/mol. The second kappa shape index (κ2) is 6.68. The van der Waals surface area contributed by atoms with Crippen LogP contribution in [0.15, 0.2) is 58.0 Å². The minimum absolute atomic E-state index is 0.154. The number of anilines is 1. The molecule has 2 aromatic heterocycles. The van der Waals surface area contributed by atoms with Crippen LogP contribution in [0, 0.1) is 6.92 Å². The molecule has 2 N–H and O–H groups in total. The molecule has 0 saturated carbocycles. The maximum absolute atomic E-state index is 12.2. The number of thioether (sulfide) groups is 1. The number of nitrogens with one attached hydrogen (secondary N) is 1. The van der Waals surface area contributed by atoms with Gasteiger partial charge in [0.25, 0.3) is 0 Å². The SMILES string of the molecule is Cc1nc(SCC(=O)Nc2ccc(O)cc2)c2oc3ccccc3c2n1. The van der Waals surface area contributed by atoms with Crippen LogP contribution >= 0.6 is 11.8 Å². The van der Waals surface area contributed by atoms with Crippen LogP contribution < -0.4 is 5.32 Å². The van der Waals surface area contributed by atoms with Gasteiger partial charge in [-0.25, -0.2) is 9.97 Å². The van der Waals surface area contributed by atoms with Gasteiger partial charge in [0, 0.05) is 11.1 Å². The van der Waals surface area contributed by atoms with E-state index in [2.05, 4.69) is 15.3 Å². The first-order valence-electron chi connectivity index (χ1n) is 7.98. The van der Waals surface area contributed by atoms with Crippen LogP contribution in [0.25, 0.3) is 22.1 Å². The highest BCUT2D eigenvalue weighted by Crippen LogP contribution is 2.33. The van der Waals surface area contributed by atoms with Gasteiger partial charge in [-0.2, -0.15) is 0 Å². The lowest BCUT2D eigenvalue weighted by molar-refractivity contribution is -0.113. The Labute approximate surface area is 153 Å². The molecule has 26 heavy (non-hydrogen) atoms. The fraction of sp³-hybridized carbons (Fsp3) is 0.105. The number of carbonyl (C=O) groups is 1. The van der Waals surface area contributed by atoms with Crippen molar-refractivity contribution in [2.75, 3.05) is 11.1 Å². The number of phenols is 1. The van der Waals surface area contributed by atoms with Gasteiger partial charge in [0.05, 0.1) is 5.75 Å². The number of aromatic nitrogens is 2. The Morgan fingerprint density at radius 3 is 2.73 bits per heavy atom. The average molecular weight is 365 g/mol. The quantitative estimate of drug-likeness (QED) is 0.321. The maximum atomic E-state index is 12.2. The molecule has 0 aliphatic carbocycles. The topological polar surface area (TPSA) is 88.2 Å². The number of aryl methyl sites for hydroxylation is 1. The number of hydrogen-bond donors (Lipinski definition) is 2. The molecule has 0 saturated heterocycles. The predicted molar refractivity (Wildman–Crippen MR) is 102 cm³/mol. The van der Waals surface area contributed by atoms with Gasteiger partial charge < -0.3 is 14.8 Å². The third-order valence-corrected chi connectivity index (χ3v) is 4.75. The Kier molecular flexibility index (Phi) is 4.22. The number of benzene rings is 2. The van der Waals surface area contributed by atoms with Crippen molar-refractivity contribution in [3.8, 4) is 5.75 Å². The second-order valence-corrected chi connectivity index (χ2v) is 6.70. The highest BCUT2D eigenvalue weighted by Gasteiger charge is 2.16. The van der Waals surface area contributed by atoms with Crippen LogP contribution in [0.2, 0.25) is 0 Å². The molecule has 7 heteroatoms. The number of furan rings is 1. The molecule has 130 valence electrons. The molecule has 0 unspecified atom stereocenters. The highest BCUT2D eigenvalue weighted by molar-refractivity contribution is 8.00. The van der Waals surface area contributed by atoms with Crippen molar-refractivity contribution >= 4 is 45.4 Å². The zero-order chi connectivity index (χ0) is 18.1. The molecule has 0 spiro atoms. The summed E-state index contributed by atoms with van der Waals surface area (Å²) < 4.78 is 5.90. The fourth-order valence-corrected chi connectivity index (χ4v) is 3.45. The Hall–Kier alpha value is -3.06. The van der Waals surface area contributed by atoms with E-state index in [-0.39, 0.29) is 17.4 Å². The van der Waals surface area contributed by atoms with Gasteiger partial charge in [0.2, 0.25) is 5.91 Å². The highest BCUT2D eigenvalue weighted by atomic mass is 32.2. The van der Waals surface area contributed by atoms with Gasteiger partial charge in [0.15, 0.2) is 5.58 Å². The van der Waals surface area contributed by atoms with Crippen molar-refractivity contribution in [1.29, 1.82) is 0 Å². The lowest BCUT2D eigenvalue weighted by atomic mass is 10.2. The van der Waals surface area contributed by atoms with E-state index in [1.807, 2.05) is 31.2 Å². The summed E-state index contributed by atoms with van der Waals surface area (Å²) in [6, 6.07) is 14.0. The first-order valence-corrected chi connectivity index (χ1v) is 8.96. The standard InChI is InChI=1S/C19H15N3O3S/c1-11-20-17-14-4-2-3-5-15(14)25-18(17)19(21-11)26-10-16(24)22-12-6-8-13(23)9-7-12/h2-9,23H,10H2,1H3,(H,22,24). The number of aromatic hydroxyl groups is 1. The van der Waals surface area contributed by atoms with Crippen molar-refractivity contribution in [3.63, 3.8) is 0 Å². The third kappa shape index (κ3) is 3.21. The summed E-state index contributed by atoms with van der Waals surface area (Å²) in [5, 5.41) is 13.6. The van der Waals surface area contributed by atoms with E-state index in [1.165, 1.54) is 23.9 Å². The number of amides is 1. The van der Waals surface area contributed by atoms with E-state index in [0.29, 0.717) is 22.1 Å². The number of nitrogens with zero attached hydrogens (tertiary/aromatic N) is 2. The lowest BCUT2D eigenvalue weighted by Crippen LogP contribution is -2.14. The van der Waals surface area contributed by atoms with Crippen molar-refractivity contribution in [2.45, 2.75) is 11.9 Å².